The van der Waals surface area contributed by atoms with Crippen molar-refractivity contribution in [3.63, 3.8) is 0 Å². The lowest BCUT2D eigenvalue weighted by molar-refractivity contribution is 0.262. The molecule has 1 heterocycles. The topological polar surface area (TPSA) is 98.8 Å². The van der Waals surface area contributed by atoms with E-state index in [-0.39, 0.29) is 6.03 Å². The fraction of sp³-hybridized carbons (Fsp3) is 0.259. The molecule has 4 aromatic rings. The average molecular weight is 468 g/mol. The number of aryl methyl sites for hydroxylation is 1. The van der Waals surface area contributed by atoms with Crippen molar-refractivity contribution in [2.24, 2.45) is 0 Å². The molecular weight excluding hydrogens is 438 g/mol. The normalized spacial score (nSPS) is 13.5. The molecule has 0 saturated heterocycles. The van der Waals surface area contributed by atoms with Crippen LogP contribution in [-0.4, -0.2) is 39.7 Å². The lowest BCUT2D eigenvalue weighted by Crippen LogP contribution is -2.30. The number of tetrazole rings is 1. The molecule has 178 valence electrons. The van der Waals surface area contributed by atoms with Crippen LogP contribution in [0.4, 0.5) is 21.9 Å². The monoisotopic (exact) mass is 467 g/mol. The third kappa shape index (κ3) is 5.01. The van der Waals surface area contributed by atoms with E-state index >= 15 is 0 Å². The first-order valence-electron chi connectivity index (χ1n) is 11.9. The van der Waals surface area contributed by atoms with Gasteiger partial charge < -0.3 is 15.5 Å². The molecule has 1 saturated carbocycles. The summed E-state index contributed by atoms with van der Waals surface area (Å²) in [7, 11) is 2.11. The van der Waals surface area contributed by atoms with E-state index in [1.165, 1.54) is 12.8 Å². The Labute approximate surface area is 204 Å². The van der Waals surface area contributed by atoms with Gasteiger partial charge in [0.2, 0.25) is 0 Å². The van der Waals surface area contributed by atoms with Gasteiger partial charge in [-0.3, -0.25) is 0 Å². The summed E-state index contributed by atoms with van der Waals surface area (Å²) in [6.07, 6.45) is 4.80. The number of aromatic nitrogens is 4. The Morgan fingerprint density at radius 1 is 0.971 bits per heavy atom. The number of benzene rings is 3. The van der Waals surface area contributed by atoms with Crippen molar-refractivity contribution >= 4 is 23.1 Å². The summed E-state index contributed by atoms with van der Waals surface area (Å²) < 4.78 is 0. The quantitative estimate of drug-likeness (QED) is 0.330. The molecule has 0 unspecified atom stereocenters. The second kappa shape index (κ2) is 9.97. The minimum absolute atomic E-state index is 0.278. The number of urea groups is 1. The Morgan fingerprint density at radius 3 is 2.43 bits per heavy atom. The number of nitrogens with one attached hydrogen (secondary N) is 3. The van der Waals surface area contributed by atoms with Crippen LogP contribution in [0.15, 0.2) is 66.7 Å². The van der Waals surface area contributed by atoms with Crippen molar-refractivity contribution in [2.75, 3.05) is 22.6 Å². The molecule has 2 amide bonds. The van der Waals surface area contributed by atoms with Crippen LogP contribution >= 0.6 is 0 Å². The van der Waals surface area contributed by atoms with Crippen LogP contribution < -0.4 is 15.5 Å². The number of rotatable bonds is 6. The van der Waals surface area contributed by atoms with Crippen LogP contribution in [0.5, 0.6) is 0 Å². The maximum atomic E-state index is 13.0. The summed E-state index contributed by atoms with van der Waals surface area (Å²) in [5.74, 6) is 0.597. The molecule has 1 fully saturated rings. The number of hydrogen-bond donors (Lipinski definition) is 3. The number of carbonyl (C=O) groups excluding carboxylic acids is 1. The zero-order valence-corrected chi connectivity index (χ0v) is 20.0. The van der Waals surface area contributed by atoms with Gasteiger partial charge >= 0.3 is 6.03 Å². The number of carbonyl (C=O) groups is 1. The highest BCUT2D eigenvalue weighted by Gasteiger charge is 2.23. The van der Waals surface area contributed by atoms with Gasteiger partial charge in [-0.2, -0.15) is 0 Å². The van der Waals surface area contributed by atoms with Crippen molar-refractivity contribution in [3.05, 3.63) is 72.3 Å². The molecule has 5 rings (SSSR count). The van der Waals surface area contributed by atoms with Gasteiger partial charge in [0.15, 0.2) is 5.82 Å². The molecule has 0 atom stereocenters. The van der Waals surface area contributed by atoms with Gasteiger partial charge in [-0.05, 0) is 65.6 Å². The van der Waals surface area contributed by atoms with Gasteiger partial charge in [-0.1, -0.05) is 60.9 Å². The fourth-order valence-corrected chi connectivity index (χ4v) is 4.74. The van der Waals surface area contributed by atoms with E-state index in [0.29, 0.717) is 11.9 Å². The van der Waals surface area contributed by atoms with Gasteiger partial charge in [-0.15, -0.1) is 5.10 Å². The smallest absolute Gasteiger partial charge is 0.323 e. The Kier molecular flexibility index (Phi) is 6.43. The molecule has 0 radical (unpaired) electrons. The Balaban J connectivity index is 1.50. The van der Waals surface area contributed by atoms with Crippen molar-refractivity contribution in [1.82, 2.24) is 20.6 Å². The van der Waals surface area contributed by atoms with Gasteiger partial charge in [0.1, 0.15) is 0 Å². The van der Waals surface area contributed by atoms with Crippen molar-refractivity contribution < 1.29 is 4.79 Å². The number of H-pyrrole nitrogens is 1. The van der Waals surface area contributed by atoms with E-state index in [1.807, 2.05) is 61.5 Å². The van der Waals surface area contributed by atoms with Crippen LogP contribution in [0.1, 0.15) is 31.2 Å². The number of anilines is 3. The van der Waals surface area contributed by atoms with Crippen LogP contribution in [-0.2, 0) is 0 Å². The fourth-order valence-electron chi connectivity index (χ4n) is 4.74. The minimum Gasteiger partial charge on any atom is -0.370 e. The number of hydrogen-bond acceptors (Lipinski definition) is 5. The second-order valence-electron chi connectivity index (χ2n) is 9.02. The molecule has 0 bridgehead atoms. The molecule has 1 aliphatic carbocycles. The third-order valence-electron chi connectivity index (χ3n) is 6.65. The van der Waals surface area contributed by atoms with Crippen molar-refractivity contribution in [2.45, 2.75) is 38.6 Å². The van der Waals surface area contributed by atoms with Crippen LogP contribution in [0.2, 0.25) is 0 Å². The standard InChI is InChI=1S/C27H29N7O/c1-18-11-14-20(15-12-18)28-27(35)29-24-17-19(13-16-25(24)34(2)21-7-3-4-8-21)22-9-5-6-10-23(22)26-30-32-33-31-26/h5-6,9-17,21H,3-4,7-8H2,1-2H3,(H2,28,29,35)(H,30,31,32,33). The van der Waals surface area contributed by atoms with Gasteiger partial charge in [0.05, 0.1) is 11.4 Å². The maximum Gasteiger partial charge on any atom is 0.323 e. The van der Waals surface area contributed by atoms with Gasteiger partial charge in [0.25, 0.3) is 0 Å². The molecule has 0 spiro atoms. The van der Waals surface area contributed by atoms with Crippen molar-refractivity contribution in [1.29, 1.82) is 0 Å². The summed E-state index contributed by atoms with van der Waals surface area (Å²) >= 11 is 0. The lowest BCUT2D eigenvalue weighted by atomic mass is 9.98. The highest BCUT2D eigenvalue weighted by Crippen LogP contribution is 2.37. The third-order valence-corrected chi connectivity index (χ3v) is 6.65. The molecule has 1 aliphatic rings. The van der Waals surface area contributed by atoms with Crippen molar-refractivity contribution in [3.8, 4) is 22.5 Å². The van der Waals surface area contributed by atoms with E-state index in [4.69, 9.17) is 0 Å². The number of aromatic amines is 1. The summed E-state index contributed by atoms with van der Waals surface area (Å²) in [6.45, 7) is 2.02. The number of amides is 2. The summed E-state index contributed by atoms with van der Waals surface area (Å²) in [5.41, 5.74) is 6.48. The average Bonchev–Trinajstić information content (AvgIpc) is 3.60. The maximum absolute atomic E-state index is 13.0. The first-order chi connectivity index (χ1) is 17.1. The zero-order valence-electron chi connectivity index (χ0n) is 20.0. The Bertz CT molecular complexity index is 1300. The van der Waals surface area contributed by atoms with Crippen LogP contribution in [0, 0.1) is 6.92 Å². The largest absolute Gasteiger partial charge is 0.370 e. The minimum atomic E-state index is -0.278. The molecule has 1 aromatic heterocycles. The highest BCUT2D eigenvalue weighted by molar-refractivity contribution is 6.02. The molecule has 8 heteroatoms. The van der Waals surface area contributed by atoms with E-state index in [2.05, 4.69) is 55.3 Å². The summed E-state index contributed by atoms with van der Waals surface area (Å²) in [5, 5.41) is 20.4. The molecule has 0 aliphatic heterocycles. The van der Waals surface area contributed by atoms with E-state index < -0.39 is 0 Å². The van der Waals surface area contributed by atoms with Gasteiger partial charge in [-0.25, -0.2) is 9.89 Å². The summed E-state index contributed by atoms with van der Waals surface area (Å²) in [6, 6.07) is 22.1. The molecular formula is C27H29N7O. The van der Waals surface area contributed by atoms with Gasteiger partial charge in [0, 0.05) is 24.3 Å². The zero-order chi connectivity index (χ0) is 24.2. The molecule has 8 nitrogen and oxygen atoms in total. The Hall–Kier alpha value is -4.20. The van der Waals surface area contributed by atoms with Crippen LogP contribution in [0.25, 0.3) is 22.5 Å². The SMILES string of the molecule is Cc1ccc(NC(=O)Nc2cc(-c3ccccc3-c3nnn[nH]3)ccc2N(C)C2CCCC2)cc1. The lowest BCUT2D eigenvalue weighted by Gasteiger charge is -2.29. The van der Waals surface area contributed by atoms with E-state index in [9.17, 15) is 4.79 Å². The second-order valence-corrected chi connectivity index (χ2v) is 9.02. The first kappa shape index (κ1) is 22.6. The highest BCUT2D eigenvalue weighted by atomic mass is 16.2. The van der Waals surface area contributed by atoms with E-state index in [0.717, 1.165) is 52.2 Å². The predicted molar refractivity (Wildman–Crippen MR) is 140 cm³/mol. The number of nitrogens with zero attached hydrogens (tertiary/aromatic N) is 4. The molecule has 3 aromatic carbocycles. The molecule has 35 heavy (non-hydrogen) atoms. The summed E-state index contributed by atoms with van der Waals surface area (Å²) in [4.78, 5) is 15.3. The predicted octanol–water partition coefficient (Wildman–Crippen LogP) is 5.86. The van der Waals surface area contributed by atoms with E-state index in [1.54, 1.807) is 0 Å². The molecule has 3 N–H and O–H groups in total. The Morgan fingerprint density at radius 2 is 1.71 bits per heavy atom. The van der Waals surface area contributed by atoms with Crippen LogP contribution in [0.3, 0.4) is 0 Å². The first-order valence-corrected chi connectivity index (χ1v) is 11.9.